The minimum Gasteiger partial charge on any atom is -0.489 e. The molecule has 0 radical (unpaired) electrons. The van der Waals surface area contributed by atoms with Gasteiger partial charge in [-0.2, -0.15) is 10.4 Å². The van der Waals surface area contributed by atoms with Crippen LogP contribution in [0.3, 0.4) is 0 Å². The standard InChI is InChI=1S/C20H13Cl3N4O/c21-17-16(10-24)19(23)26-20(18(17)22)27-25-11-13-6-8-15(9-7-13)28-12-14-4-2-1-3-5-14/h1-9,11H,12H2,(H,26,27)/b25-11+. The number of aromatic nitrogens is 1. The van der Waals surface area contributed by atoms with E-state index in [1.165, 1.54) is 0 Å². The first-order chi connectivity index (χ1) is 13.6. The maximum absolute atomic E-state index is 8.99. The largest absolute Gasteiger partial charge is 0.489 e. The lowest BCUT2D eigenvalue weighted by atomic mass is 10.2. The molecule has 1 heterocycles. The monoisotopic (exact) mass is 430 g/mol. The highest BCUT2D eigenvalue weighted by molar-refractivity contribution is 6.45. The van der Waals surface area contributed by atoms with Crippen LogP contribution in [0.2, 0.25) is 15.2 Å². The van der Waals surface area contributed by atoms with Crippen LogP contribution in [0.5, 0.6) is 5.75 Å². The second-order valence-electron chi connectivity index (χ2n) is 5.58. The molecule has 5 nitrogen and oxygen atoms in total. The average molecular weight is 432 g/mol. The van der Waals surface area contributed by atoms with Crippen LogP contribution >= 0.6 is 34.8 Å². The Balaban J connectivity index is 1.62. The Kier molecular flexibility index (Phi) is 6.72. The van der Waals surface area contributed by atoms with Gasteiger partial charge in [0.25, 0.3) is 0 Å². The summed E-state index contributed by atoms with van der Waals surface area (Å²) in [6.45, 7) is 0.500. The van der Waals surface area contributed by atoms with Crippen molar-refractivity contribution in [1.82, 2.24) is 4.98 Å². The smallest absolute Gasteiger partial charge is 0.168 e. The molecule has 0 saturated carbocycles. The number of anilines is 1. The van der Waals surface area contributed by atoms with Gasteiger partial charge in [0.1, 0.15) is 29.0 Å². The van der Waals surface area contributed by atoms with Gasteiger partial charge in [-0.3, -0.25) is 5.43 Å². The molecule has 1 N–H and O–H groups in total. The maximum Gasteiger partial charge on any atom is 0.168 e. The zero-order valence-corrected chi connectivity index (χ0v) is 16.6. The van der Waals surface area contributed by atoms with Gasteiger partial charge in [0.2, 0.25) is 0 Å². The van der Waals surface area contributed by atoms with E-state index < -0.39 is 0 Å². The molecule has 0 aliphatic rings. The number of pyridine rings is 1. The van der Waals surface area contributed by atoms with Gasteiger partial charge in [-0.1, -0.05) is 65.1 Å². The predicted octanol–water partition coefficient (Wildman–Crippen LogP) is 5.94. The number of hydrogen-bond donors (Lipinski definition) is 1. The molecular weight excluding hydrogens is 419 g/mol. The molecule has 0 aliphatic heterocycles. The van der Waals surface area contributed by atoms with Crippen LogP contribution in [0.4, 0.5) is 5.82 Å². The molecule has 0 bridgehead atoms. The van der Waals surface area contributed by atoms with Crippen molar-refractivity contribution >= 4 is 46.8 Å². The molecule has 28 heavy (non-hydrogen) atoms. The Labute approximate surface area is 177 Å². The highest BCUT2D eigenvalue weighted by atomic mass is 35.5. The number of hydrogen-bond acceptors (Lipinski definition) is 5. The second-order valence-corrected chi connectivity index (χ2v) is 6.69. The quantitative estimate of drug-likeness (QED) is 0.298. The Bertz CT molecular complexity index is 1030. The summed E-state index contributed by atoms with van der Waals surface area (Å²) in [6.07, 6.45) is 1.58. The van der Waals surface area contributed by atoms with E-state index in [2.05, 4.69) is 15.5 Å². The molecule has 140 valence electrons. The van der Waals surface area contributed by atoms with E-state index >= 15 is 0 Å². The second kappa shape index (κ2) is 9.43. The minimum atomic E-state index is -0.0467. The molecule has 1 aromatic heterocycles. The highest BCUT2D eigenvalue weighted by Gasteiger charge is 2.15. The van der Waals surface area contributed by atoms with Crippen LogP contribution in [0, 0.1) is 11.3 Å². The maximum atomic E-state index is 8.99. The normalized spacial score (nSPS) is 10.6. The van der Waals surface area contributed by atoms with Crippen LogP contribution in [0.25, 0.3) is 0 Å². The molecular formula is C20H13Cl3N4O. The molecule has 0 amide bonds. The van der Waals surface area contributed by atoms with Crippen LogP contribution in [-0.2, 0) is 6.61 Å². The SMILES string of the molecule is N#Cc1c(Cl)nc(N/N=C/c2ccc(OCc3ccccc3)cc2)c(Cl)c1Cl. The van der Waals surface area contributed by atoms with Crippen LogP contribution < -0.4 is 10.2 Å². The summed E-state index contributed by atoms with van der Waals surface area (Å²) < 4.78 is 5.74. The molecule has 3 aromatic rings. The molecule has 0 saturated heterocycles. The van der Waals surface area contributed by atoms with Gasteiger partial charge in [-0.05, 0) is 35.4 Å². The molecule has 8 heteroatoms. The Morgan fingerprint density at radius 1 is 1.04 bits per heavy atom. The van der Waals surface area contributed by atoms with E-state index in [-0.39, 0.29) is 26.6 Å². The lowest BCUT2D eigenvalue weighted by molar-refractivity contribution is 0.306. The van der Waals surface area contributed by atoms with Crippen molar-refractivity contribution in [2.24, 2.45) is 5.10 Å². The lowest BCUT2D eigenvalue weighted by Gasteiger charge is -2.07. The molecule has 3 rings (SSSR count). The first kappa shape index (κ1) is 20.0. The van der Waals surface area contributed by atoms with Crippen molar-refractivity contribution in [1.29, 1.82) is 5.26 Å². The van der Waals surface area contributed by atoms with Gasteiger partial charge in [0, 0.05) is 0 Å². The number of halogens is 3. The molecule has 0 atom stereocenters. The summed E-state index contributed by atoms with van der Waals surface area (Å²) in [5.74, 6) is 0.916. The Hall–Kier alpha value is -2.78. The third-order valence-electron chi connectivity index (χ3n) is 3.66. The summed E-state index contributed by atoms with van der Waals surface area (Å²) >= 11 is 18.0. The number of nitriles is 1. The number of rotatable bonds is 6. The number of nitrogens with one attached hydrogen (secondary N) is 1. The minimum absolute atomic E-state index is 0.0222. The van der Waals surface area contributed by atoms with Crippen molar-refractivity contribution in [2.75, 3.05) is 5.43 Å². The highest BCUT2D eigenvalue weighted by Crippen LogP contribution is 2.34. The van der Waals surface area contributed by atoms with E-state index in [4.69, 9.17) is 44.8 Å². The van der Waals surface area contributed by atoms with Gasteiger partial charge in [0.15, 0.2) is 11.0 Å². The van der Waals surface area contributed by atoms with Crippen molar-refractivity contribution in [2.45, 2.75) is 6.61 Å². The van der Waals surface area contributed by atoms with Crippen molar-refractivity contribution in [3.8, 4) is 11.8 Å². The van der Waals surface area contributed by atoms with Gasteiger partial charge in [0.05, 0.1) is 11.2 Å². The first-order valence-corrected chi connectivity index (χ1v) is 9.22. The van der Waals surface area contributed by atoms with Crippen molar-refractivity contribution in [3.05, 3.63) is 86.5 Å². The third kappa shape index (κ3) is 4.93. The van der Waals surface area contributed by atoms with Gasteiger partial charge < -0.3 is 4.74 Å². The lowest BCUT2D eigenvalue weighted by Crippen LogP contribution is -1.98. The fraction of sp³-hybridized carbons (Fsp3) is 0.0500. The average Bonchev–Trinajstić information content (AvgIpc) is 2.72. The zero-order chi connectivity index (χ0) is 19.9. The summed E-state index contributed by atoms with van der Waals surface area (Å²) in [5, 5.41) is 13.1. The van der Waals surface area contributed by atoms with Crippen molar-refractivity contribution in [3.63, 3.8) is 0 Å². The number of hydrazone groups is 1. The Morgan fingerprint density at radius 3 is 2.43 bits per heavy atom. The molecule has 0 spiro atoms. The Morgan fingerprint density at radius 2 is 1.75 bits per heavy atom. The first-order valence-electron chi connectivity index (χ1n) is 8.09. The molecule has 0 unspecified atom stereocenters. The summed E-state index contributed by atoms with van der Waals surface area (Å²) in [4.78, 5) is 3.98. The van der Waals surface area contributed by atoms with Crippen LogP contribution in [-0.4, -0.2) is 11.2 Å². The van der Waals surface area contributed by atoms with Crippen LogP contribution in [0.1, 0.15) is 16.7 Å². The third-order valence-corrected chi connectivity index (χ3v) is 4.78. The van der Waals surface area contributed by atoms with Crippen molar-refractivity contribution < 1.29 is 4.74 Å². The predicted molar refractivity (Wildman–Crippen MR) is 112 cm³/mol. The van der Waals surface area contributed by atoms with E-state index in [0.717, 1.165) is 16.9 Å². The van der Waals surface area contributed by atoms with E-state index in [1.807, 2.05) is 60.7 Å². The summed E-state index contributed by atoms with van der Waals surface area (Å²) in [7, 11) is 0. The van der Waals surface area contributed by atoms with Gasteiger partial charge in [-0.25, -0.2) is 4.98 Å². The summed E-state index contributed by atoms with van der Waals surface area (Å²) in [6, 6.07) is 19.2. The number of ether oxygens (including phenoxy) is 1. The van der Waals surface area contributed by atoms with E-state index in [1.54, 1.807) is 6.21 Å². The van der Waals surface area contributed by atoms with E-state index in [9.17, 15) is 0 Å². The molecule has 0 aliphatic carbocycles. The number of benzene rings is 2. The number of nitrogens with zero attached hydrogens (tertiary/aromatic N) is 3. The van der Waals surface area contributed by atoms with Crippen LogP contribution in [0.15, 0.2) is 59.7 Å². The fourth-order valence-corrected chi connectivity index (χ4v) is 2.91. The fourth-order valence-electron chi connectivity index (χ4n) is 2.24. The molecule has 2 aromatic carbocycles. The molecule has 0 fully saturated rings. The van der Waals surface area contributed by atoms with Gasteiger partial charge in [-0.15, -0.1) is 0 Å². The summed E-state index contributed by atoms with van der Waals surface area (Å²) in [5.41, 5.74) is 4.63. The topological polar surface area (TPSA) is 70.3 Å². The van der Waals surface area contributed by atoms with Gasteiger partial charge >= 0.3 is 0 Å². The zero-order valence-electron chi connectivity index (χ0n) is 14.4. The van der Waals surface area contributed by atoms with E-state index in [0.29, 0.717) is 6.61 Å².